The van der Waals surface area contributed by atoms with Gasteiger partial charge < -0.3 is 30.7 Å². The molecule has 8 heteroatoms. The van der Waals surface area contributed by atoms with E-state index in [0.717, 1.165) is 10.8 Å². The van der Waals surface area contributed by atoms with E-state index in [0.29, 0.717) is 35.8 Å². The van der Waals surface area contributed by atoms with Gasteiger partial charge in [-0.25, -0.2) is 4.79 Å². The molecule has 0 bridgehead atoms. The summed E-state index contributed by atoms with van der Waals surface area (Å²) in [7, 11) is 1.86. The van der Waals surface area contributed by atoms with Gasteiger partial charge in [-0.05, 0) is 43.6 Å². The second-order valence-corrected chi connectivity index (χ2v) is 9.00. The molecular weight excluding hydrogens is 444 g/mol. The zero-order valence-corrected chi connectivity index (χ0v) is 20.2. The Labute approximate surface area is 205 Å². The third-order valence-corrected chi connectivity index (χ3v) is 6.37. The molecule has 0 unspecified atom stereocenters. The van der Waals surface area contributed by atoms with Crippen molar-refractivity contribution >= 4 is 34.1 Å². The van der Waals surface area contributed by atoms with Crippen molar-refractivity contribution in [3.05, 3.63) is 66.2 Å². The summed E-state index contributed by atoms with van der Waals surface area (Å²) >= 11 is 0. The first-order valence-electron chi connectivity index (χ1n) is 11.8. The van der Waals surface area contributed by atoms with Gasteiger partial charge in [-0.1, -0.05) is 43.3 Å². The van der Waals surface area contributed by atoms with Gasteiger partial charge in [0.1, 0.15) is 11.9 Å². The van der Waals surface area contributed by atoms with Crippen LogP contribution in [0.1, 0.15) is 24.2 Å². The van der Waals surface area contributed by atoms with Crippen LogP contribution >= 0.6 is 0 Å². The Bertz CT molecular complexity index is 1210. The number of nitrogens with one attached hydrogen (secondary N) is 3. The van der Waals surface area contributed by atoms with E-state index in [-0.39, 0.29) is 30.6 Å². The van der Waals surface area contributed by atoms with Gasteiger partial charge in [0.15, 0.2) is 0 Å². The van der Waals surface area contributed by atoms with Crippen LogP contribution in [0.5, 0.6) is 5.75 Å². The molecule has 0 fully saturated rings. The van der Waals surface area contributed by atoms with Crippen molar-refractivity contribution in [2.75, 3.05) is 37.4 Å². The topological polar surface area (TPSA) is 103 Å². The molecule has 3 amide bonds. The number of rotatable bonds is 6. The Morgan fingerprint density at radius 2 is 1.91 bits per heavy atom. The molecule has 8 nitrogen and oxygen atoms in total. The molecule has 3 atom stereocenters. The summed E-state index contributed by atoms with van der Waals surface area (Å²) in [5, 5.41) is 20.6. The fraction of sp³-hybridized carbons (Fsp3) is 0.333. The summed E-state index contributed by atoms with van der Waals surface area (Å²) < 4.78 is 6.22. The lowest BCUT2D eigenvalue weighted by Gasteiger charge is -2.37. The molecule has 0 aromatic heterocycles. The molecule has 0 saturated heterocycles. The van der Waals surface area contributed by atoms with Crippen molar-refractivity contribution in [2.45, 2.75) is 26.0 Å². The average molecular weight is 477 g/mol. The minimum Gasteiger partial charge on any atom is -0.488 e. The van der Waals surface area contributed by atoms with Crippen LogP contribution in [0.15, 0.2) is 60.7 Å². The highest BCUT2D eigenvalue weighted by Gasteiger charge is 2.32. The van der Waals surface area contributed by atoms with E-state index in [1.54, 1.807) is 23.1 Å². The minimum atomic E-state index is -0.414. The summed E-state index contributed by atoms with van der Waals surface area (Å²) in [6.45, 7) is 4.77. The van der Waals surface area contributed by atoms with E-state index in [4.69, 9.17) is 4.74 Å². The lowest BCUT2D eigenvalue weighted by Crippen LogP contribution is -2.49. The smallest absolute Gasteiger partial charge is 0.323 e. The maximum atomic E-state index is 13.5. The van der Waals surface area contributed by atoms with Gasteiger partial charge in [0, 0.05) is 30.1 Å². The first-order valence-corrected chi connectivity index (χ1v) is 11.8. The number of aliphatic hydroxyl groups excluding tert-OH is 1. The van der Waals surface area contributed by atoms with Crippen LogP contribution in [0, 0.1) is 5.92 Å². The van der Waals surface area contributed by atoms with Crippen LogP contribution in [-0.4, -0.2) is 60.8 Å². The molecule has 35 heavy (non-hydrogen) atoms. The molecule has 1 aliphatic rings. The van der Waals surface area contributed by atoms with E-state index in [2.05, 4.69) is 16.0 Å². The van der Waals surface area contributed by atoms with Crippen LogP contribution in [0.4, 0.5) is 16.2 Å². The van der Waals surface area contributed by atoms with Crippen molar-refractivity contribution in [3.63, 3.8) is 0 Å². The molecule has 184 valence electrons. The number of anilines is 2. The van der Waals surface area contributed by atoms with E-state index >= 15 is 0 Å². The van der Waals surface area contributed by atoms with Crippen molar-refractivity contribution in [2.24, 2.45) is 5.92 Å². The lowest BCUT2D eigenvalue weighted by atomic mass is 9.99. The molecule has 4 rings (SSSR count). The number of carbonyl (C=O) groups excluding carboxylic acids is 2. The summed E-state index contributed by atoms with van der Waals surface area (Å²) in [6.07, 6.45) is -0.159. The van der Waals surface area contributed by atoms with Crippen LogP contribution in [0.3, 0.4) is 0 Å². The largest absolute Gasteiger partial charge is 0.488 e. The number of nitrogens with zero attached hydrogens (tertiary/aromatic N) is 1. The highest BCUT2D eigenvalue weighted by atomic mass is 16.5. The van der Waals surface area contributed by atoms with E-state index in [1.165, 1.54) is 0 Å². The molecule has 0 aliphatic carbocycles. The fourth-order valence-electron chi connectivity index (χ4n) is 4.36. The van der Waals surface area contributed by atoms with E-state index in [1.807, 2.05) is 63.4 Å². The Morgan fingerprint density at radius 1 is 1.14 bits per heavy atom. The zero-order chi connectivity index (χ0) is 24.9. The first-order chi connectivity index (χ1) is 16.9. The third-order valence-electron chi connectivity index (χ3n) is 6.37. The van der Waals surface area contributed by atoms with Crippen molar-refractivity contribution in [1.29, 1.82) is 0 Å². The number of hydrogen-bond acceptors (Lipinski definition) is 5. The van der Waals surface area contributed by atoms with Gasteiger partial charge in [0.25, 0.3) is 5.91 Å². The van der Waals surface area contributed by atoms with Crippen LogP contribution in [-0.2, 0) is 0 Å². The fourth-order valence-corrected chi connectivity index (χ4v) is 4.36. The van der Waals surface area contributed by atoms with Gasteiger partial charge in [0.2, 0.25) is 0 Å². The molecule has 3 aromatic carbocycles. The molecule has 0 radical (unpaired) electrons. The number of carbonyl (C=O) groups is 2. The second kappa shape index (κ2) is 10.8. The highest BCUT2D eigenvalue weighted by Crippen LogP contribution is 2.30. The standard InChI is InChI=1S/C27H32N4O4/c1-17-15-31(18(2)16-32)26(33)22-13-20(11-12-24(22)35-25(17)14-28-3)29-27(34)30-23-10-6-8-19-7-4-5-9-21(19)23/h4-13,17-18,25,28,32H,14-16H2,1-3H3,(H2,29,30,34)/t17-,18-,25+/m1/s1. The quantitative estimate of drug-likeness (QED) is 0.432. The Hall–Kier alpha value is -3.62. The lowest BCUT2D eigenvalue weighted by molar-refractivity contribution is 0.0416. The van der Waals surface area contributed by atoms with E-state index < -0.39 is 6.03 Å². The average Bonchev–Trinajstić information content (AvgIpc) is 2.86. The number of amides is 3. The first kappa shape index (κ1) is 24.5. The maximum Gasteiger partial charge on any atom is 0.323 e. The van der Waals surface area contributed by atoms with Crippen LogP contribution < -0.4 is 20.7 Å². The summed E-state index contributed by atoms with van der Waals surface area (Å²) in [5.41, 5.74) is 1.51. The molecule has 1 heterocycles. The number of urea groups is 1. The Balaban J connectivity index is 1.60. The van der Waals surface area contributed by atoms with Crippen molar-refractivity contribution in [1.82, 2.24) is 10.2 Å². The summed E-state index contributed by atoms with van der Waals surface area (Å²) in [5.74, 6) is 0.268. The minimum absolute atomic E-state index is 0.0535. The second-order valence-electron chi connectivity index (χ2n) is 9.00. The number of likely N-dealkylation sites (N-methyl/N-ethyl adjacent to an activating group) is 1. The molecule has 0 saturated carbocycles. The number of benzene rings is 3. The van der Waals surface area contributed by atoms with Gasteiger partial charge >= 0.3 is 6.03 Å². The predicted octanol–water partition coefficient (Wildman–Crippen LogP) is 3.92. The number of hydrogen-bond donors (Lipinski definition) is 4. The number of fused-ring (bicyclic) bond motifs is 2. The van der Waals surface area contributed by atoms with Gasteiger partial charge in [-0.15, -0.1) is 0 Å². The molecule has 4 N–H and O–H groups in total. The summed E-state index contributed by atoms with van der Waals surface area (Å²) in [6, 6.07) is 17.8. The Kier molecular flexibility index (Phi) is 7.53. The predicted molar refractivity (Wildman–Crippen MR) is 138 cm³/mol. The monoisotopic (exact) mass is 476 g/mol. The Morgan fingerprint density at radius 3 is 2.69 bits per heavy atom. The molecular formula is C27H32N4O4. The zero-order valence-electron chi connectivity index (χ0n) is 20.2. The van der Waals surface area contributed by atoms with Gasteiger partial charge in [-0.2, -0.15) is 0 Å². The number of aliphatic hydroxyl groups is 1. The molecule has 1 aliphatic heterocycles. The van der Waals surface area contributed by atoms with Crippen LogP contribution in [0.2, 0.25) is 0 Å². The number of ether oxygens (including phenoxy) is 1. The van der Waals surface area contributed by atoms with Crippen molar-refractivity contribution < 1.29 is 19.4 Å². The molecule has 3 aromatic rings. The third kappa shape index (κ3) is 5.39. The maximum absolute atomic E-state index is 13.5. The SMILES string of the molecule is CNC[C@@H]1Oc2ccc(NC(=O)Nc3cccc4ccccc34)cc2C(=O)N([C@H](C)CO)C[C@H]1C. The summed E-state index contributed by atoms with van der Waals surface area (Å²) in [4.78, 5) is 27.9. The molecule has 0 spiro atoms. The van der Waals surface area contributed by atoms with Crippen LogP contribution in [0.25, 0.3) is 10.8 Å². The van der Waals surface area contributed by atoms with Gasteiger partial charge in [0.05, 0.1) is 23.9 Å². The highest BCUT2D eigenvalue weighted by molar-refractivity contribution is 6.07. The van der Waals surface area contributed by atoms with E-state index in [9.17, 15) is 14.7 Å². The van der Waals surface area contributed by atoms with Crippen molar-refractivity contribution in [3.8, 4) is 5.75 Å². The normalized spacial score (nSPS) is 18.7. The van der Waals surface area contributed by atoms with Gasteiger partial charge in [-0.3, -0.25) is 4.79 Å².